The number of nitrogens with one attached hydrogen (secondary N) is 2. The number of hydrogen-bond donors (Lipinski definition) is 2. The molecule has 1 aromatic heterocycles. The Morgan fingerprint density at radius 1 is 1.00 bits per heavy atom. The standard InChI is InChI=1S/C19H22FN3O3/c1-26-13-3-11-21-18(24)16-4-2-5-17(23-16)19(25)22-12-10-14-6-8-15(20)9-7-14/h2,4-9H,3,10-13H2,1H3,(H,21,24)(H,22,25). The van der Waals surface area contributed by atoms with Gasteiger partial charge in [0.25, 0.3) is 11.8 Å². The molecule has 2 N–H and O–H groups in total. The molecular formula is C19H22FN3O3. The van der Waals surface area contributed by atoms with Gasteiger partial charge in [-0.1, -0.05) is 18.2 Å². The van der Waals surface area contributed by atoms with Gasteiger partial charge in [-0.05, 0) is 42.7 Å². The minimum atomic E-state index is -0.360. The first-order chi connectivity index (χ1) is 12.6. The molecule has 2 aromatic rings. The first kappa shape index (κ1) is 19.5. The molecule has 0 aliphatic carbocycles. The van der Waals surface area contributed by atoms with E-state index in [0.29, 0.717) is 32.5 Å². The Bertz CT molecular complexity index is 735. The summed E-state index contributed by atoms with van der Waals surface area (Å²) in [6.07, 6.45) is 1.28. The van der Waals surface area contributed by atoms with E-state index in [1.807, 2.05) is 0 Å². The number of aromatic nitrogens is 1. The molecule has 0 spiro atoms. The molecule has 0 saturated carbocycles. The number of hydrogen-bond acceptors (Lipinski definition) is 4. The van der Waals surface area contributed by atoms with E-state index in [-0.39, 0.29) is 29.0 Å². The zero-order chi connectivity index (χ0) is 18.8. The smallest absolute Gasteiger partial charge is 0.269 e. The molecule has 1 aromatic carbocycles. The quantitative estimate of drug-likeness (QED) is 0.671. The first-order valence-corrected chi connectivity index (χ1v) is 8.37. The topological polar surface area (TPSA) is 80.3 Å². The van der Waals surface area contributed by atoms with Crippen LogP contribution >= 0.6 is 0 Å². The third kappa shape index (κ3) is 6.25. The Balaban J connectivity index is 1.84. The van der Waals surface area contributed by atoms with Gasteiger partial charge in [0.1, 0.15) is 17.2 Å². The van der Waals surface area contributed by atoms with Crippen LogP contribution in [0.3, 0.4) is 0 Å². The van der Waals surface area contributed by atoms with E-state index in [9.17, 15) is 14.0 Å². The van der Waals surface area contributed by atoms with Crippen LogP contribution in [-0.4, -0.2) is 43.6 Å². The summed E-state index contributed by atoms with van der Waals surface area (Å²) in [5.41, 5.74) is 1.28. The molecule has 0 fully saturated rings. The van der Waals surface area contributed by atoms with Gasteiger partial charge >= 0.3 is 0 Å². The Labute approximate surface area is 151 Å². The molecule has 138 valence electrons. The molecule has 1 heterocycles. The Morgan fingerprint density at radius 2 is 1.62 bits per heavy atom. The zero-order valence-electron chi connectivity index (χ0n) is 14.6. The fraction of sp³-hybridized carbons (Fsp3) is 0.316. The van der Waals surface area contributed by atoms with Crippen LogP contribution < -0.4 is 10.6 Å². The number of carbonyl (C=O) groups excluding carboxylic acids is 2. The van der Waals surface area contributed by atoms with Crippen molar-refractivity contribution in [3.63, 3.8) is 0 Å². The lowest BCUT2D eigenvalue weighted by Crippen LogP contribution is -2.29. The normalized spacial score (nSPS) is 10.4. The second kappa shape index (κ2) is 10.2. The van der Waals surface area contributed by atoms with Gasteiger partial charge in [-0.3, -0.25) is 9.59 Å². The SMILES string of the molecule is COCCCNC(=O)c1cccc(C(=O)NCCc2ccc(F)cc2)n1. The van der Waals surface area contributed by atoms with Gasteiger partial charge in [-0.2, -0.15) is 0 Å². The van der Waals surface area contributed by atoms with Crippen molar-refractivity contribution < 1.29 is 18.7 Å². The van der Waals surface area contributed by atoms with Crippen molar-refractivity contribution >= 4 is 11.8 Å². The lowest BCUT2D eigenvalue weighted by atomic mass is 10.1. The summed E-state index contributed by atoms with van der Waals surface area (Å²) in [5, 5.41) is 5.47. The van der Waals surface area contributed by atoms with Crippen LogP contribution in [0.5, 0.6) is 0 Å². The average Bonchev–Trinajstić information content (AvgIpc) is 2.66. The number of ether oxygens (including phenoxy) is 1. The maximum Gasteiger partial charge on any atom is 0.269 e. The molecule has 6 nitrogen and oxygen atoms in total. The van der Waals surface area contributed by atoms with E-state index in [4.69, 9.17) is 4.74 Å². The molecule has 0 radical (unpaired) electrons. The van der Waals surface area contributed by atoms with Crippen molar-refractivity contribution in [1.29, 1.82) is 0 Å². The van der Waals surface area contributed by atoms with Gasteiger partial charge in [0.15, 0.2) is 0 Å². The minimum Gasteiger partial charge on any atom is -0.385 e. The van der Waals surface area contributed by atoms with Crippen LogP contribution in [0, 0.1) is 5.82 Å². The maximum absolute atomic E-state index is 12.9. The summed E-state index contributed by atoms with van der Waals surface area (Å²) in [6, 6.07) is 10.8. The Kier molecular flexibility index (Phi) is 7.70. The van der Waals surface area contributed by atoms with Gasteiger partial charge in [0.2, 0.25) is 0 Å². The van der Waals surface area contributed by atoms with Crippen molar-refractivity contribution in [3.05, 3.63) is 65.2 Å². The predicted molar refractivity (Wildman–Crippen MR) is 95.5 cm³/mol. The van der Waals surface area contributed by atoms with Crippen molar-refractivity contribution in [2.45, 2.75) is 12.8 Å². The summed E-state index contributed by atoms with van der Waals surface area (Å²) >= 11 is 0. The lowest BCUT2D eigenvalue weighted by molar-refractivity contribution is 0.0941. The number of carbonyl (C=O) groups is 2. The molecule has 0 saturated heterocycles. The molecule has 0 atom stereocenters. The van der Waals surface area contributed by atoms with E-state index in [0.717, 1.165) is 5.56 Å². The lowest BCUT2D eigenvalue weighted by Gasteiger charge is -2.07. The van der Waals surface area contributed by atoms with Crippen LogP contribution in [0.4, 0.5) is 4.39 Å². The molecule has 7 heteroatoms. The van der Waals surface area contributed by atoms with E-state index in [1.165, 1.54) is 12.1 Å². The highest BCUT2D eigenvalue weighted by atomic mass is 19.1. The molecule has 0 aliphatic rings. The van der Waals surface area contributed by atoms with Crippen molar-refractivity contribution in [1.82, 2.24) is 15.6 Å². The molecule has 2 rings (SSSR count). The largest absolute Gasteiger partial charge is 0.385 e. The summed E-state index contributed by atoms with van der Waals surface area (Å²) in [6.45, 7) is 1.42. The molecular weight excluding hydrogens is 337 g/mol. The van der Waals surface area contributed by atoms with Crippen LogP contribution in [0.1, 0.15) is 33.0 Å². The van der Waals surface area contributed by atoms with E-state index < -0.39 is 0 Å². The fourth-order valence-electron chi connectivity index (χ4n) is 2.26. The number of nitrogens with zero attached hydrogens (tertiary/aromatic N) is 1. The number of benzene rings is 1. The summed E-state index contributed by atoms with van der Waals surface area (Å²) in [7, 11) is 1.60. The Hall–Kier alpha value is -2.80. The van der Waals surface area contributed by atoms with E-state index in [1.54, 1.807) is 37.4 Å². The highest BCUT2D eigenvalue weighted by Gasteiger charge is 2.11. The number of methoxy groups -OCH3 is 1. The Morgan fingerprint density at radius 3 is 2.23 bits per heavy atom. The minimum absolute atomic E-state index is 0.175. The highest BCUT2D eigenvalue weighted by molar-refractivity contribution is 5.96. The highest BCUT2D eigenvalue weighted by Crippen LogP contribution is 2.04. The zero-order valence-corrected chi connectivity index (χ0v) is 14.6. The van der Waals surface area contributed by atoms with Crippen LogP contribution in [-0.2, 0) is 11.2 Å². The molecule has 2 amide bonds. The predicted octanol–water partition coefficient (Wildman–Crippen LogP) is 1.96. The molecule has 26 heavy (non-hydrogen) atoms. The van der Waals surface area contributed by atoms with Gasteiger partial charge in [0, 0.05) is 26.8 Å². The summed E-state index contributed by atoms with van der Waals surface area (Å²) in [5.74, 6) is -0.984. The molecule has 0 bridgehead atoms. The number of halogens is 1. The van der Waals surface area contributed by atoms with Gasteiger partial charge in [-0.25, -0.2) is 9.37 Å². The second-order valence-electron chi connectivity index (χ2n) is 5.64. The third-order valence-corrected chi connectivity index (χ3v) is 3.64. The van der Waals surface area contributed by atoms with E-state index in [2.05, 4.69) is 15.6 Å². The van der Waals surface area contributed by atoms with Crippen LogP contribution in [0.2, 0.25) is 0 Å². The number of rotatable bonds is 9. The number of amides is 2. The van der Waals surface area contributed by atoms with Crippen LogP contribution in [0.15, 0.2) is 42.5 Å². The second-order valence-corrected chi connectivity index (χ2v) is 5.64. The summed E-state index contributed by atoms with van der Waals surface area (Å²) in [4.78, 5) is 28.3. The van der Waals surface area contributed by atoms with Gasteiger partial charge in [-0.15, -0.1) is 0 Å². The third-order valence-electron chi connectivity index (χ3n) is 3.64. The van der Waals surface area contributed by atoms with Crippen molar-refractivity contribution in [2.24, 2.45) is 0 Å². The van der Waals surface area contributed by atoms with Gasteiger partial charge < -0.3 is 15.4 Å². The van der Waals surface area contributed by atoms with Crippen molar-refractivity contribution in [3.8, 4) is 0 Å². The molecule has 0 aliphatic heterocycles. The fourth-order valence-corrected chi connectivity index (χ4v) is 2.26. The summed E-state index contributed by atoms with van der Waals surface area (Å²) < 4.78 is 17.8. The monoisotopic (exact) mass is 359 g/mol. The molecule has 0 unspecified atom stereocenters. The van der Waals surface area contributed by atoms with Gasteiger partial charge in [0.05, 0.1) is 0 Å². The maximum atomic E-state index is 12.9. The van der Waals surface area contributed by atoms with Crippen molar-refractivity contribution in [2.75, 3.05) is 26.8 Å². The van der Waals surface area contributed by atoms with Crippen LogP contribution in [0.25, 0.3) is 0 Å². The number of pyridine rings is 1. The average molecular weight is 359 g/mol. The van der Waals surface area contributed by atoms with E-state index >= 15 is 0 Å². The first-order valence-electron chi connectivity index (χ1n) is 8.37.